The molecule has 1 aliphatic heterocycles. The fourth-order valence-electron chi connectivity index (χ4n) is 2.33. The highest BCUT2D eigenvalue weighted by Gasteiger charge is 2.39. The Kier molecular flexibility index (Phi) is 3.01. The minimum absolute atomic E-state index is 0.111. The zero-order valence-corrected chi connectivity index (χ0v) is 9.90. The first kappa shape index (κ1) is 11.2. The lowest BCUT2D eigenvalue weighted by molar-refractivity contribution is -0.145. The molecule has 0 amide bonds. The molecule has 1 aromatic rings. The Hall–Kier alpha value is -1.29. The zero-order valence-electron chi connectivity index (χ0n) is 9.90. The Morgan fingerprint density at radius 3 is 2.81 bits per heavy atom. The van der Waals surface area contributed by atoms with Gasteiger partial charge in [-0.25, -0.2) is 0 Å². The quantitative estimate of drug-likeness (QED) is 0.711. The molecule has 0 N–H and O–H groups in total. The SMILES string of the molecule is COC(=O)[C@H]1CN(C)C[C@@H]1c1ccc(C)o1. The summed E-state index contributed by atoms with van der Waals surface area (Å²) in [7, 11) is 3.44. The van der Waals surface area contributed by atoms with E-state index < -0.39 is 0 Å². The Balaban J connectivity index is 2.21. The molecule has 16 heavy (non-hydrogen) atoms. The number of aryl methyl sites for hydroxylation is 1. The van der Waals surface area contributed by atoms with Crippen molar-refractivity contribution in [3.05, 3.63) is 23.7 Å². The van der Waals surface area contributed by atoms with Gasteiger partial charge in [0.05, 0.1) is 13.0 Å². The van der Waals surface area contributed by atoms with Crippen molar-refractivity contribution in [1.82, 2.24) is 4.90 Å². The summed E-state index contributed by atoms with van der Waals surface area (Å²) in [6, 6.07) is 3.89. The molecule has 0 radical (unpaired) electrons. The number of hydrogen-bond donors (Lipinski definition) is 0. The summed E-state index contributed by atoms with van der Waals surface area (Å²) in [5, 5.41) is 0. The van der Waals surface area contributed by atoms with Gasteiger partial charge in [-0.05, 0) is 26.1 Å². The van der Waals surface area contributed by atoms with Crippen LogP contribution in [0, 0.1) is 12.8 Å². The maximum atomic E-state index is 11.7. The highest BCUT2D eigenvalue weighted by Crippen LogP contribution is 2.33. The van der Waals surface area contributed by atoms with Crippen molar-refractivity contribution >= 4 is 5.97 Å². The summed E-state index contributed by atoms with van der Waals surface area (Å²) >= 11 is 0. The first-order valence-corrected chi connectivity index (χ1v) is 5.44. The lowest BCUT2D eigenvalue weighted by Gasteiger charge is -2.13. The third-order valence-corrected chi connectivity index (χ3v) is 3.13. The number of likely N-dealkylation sites (N-methyl/N-ethyl adjacent to an activating group) is 1. The standard InChI is InChI=1S/C12H17NO3/c1-8-4-5-11(16-8)9-6-13(2)7-10(9)12(14)15-3/h4-5,9-10H,6-7H2,1-3H3/t9-,10-/m0/s1. The second-order valence-electron chi connectivity index (χ2n) is 4.41. The summed E-state index contributed by atoms with van der Waals surface area (Å²) in [5.74, 6) is 1.63. The number of ether oxygens (including phenoxy) is 1. The average molecular weight is 223 g/mol. The maximum Gasteiger partial charge on any atom is 0.310 e. The van der Waals surface area contributed by atoms with Crippen molar-refractivity contribution in [2.24, 2.45) is 5.92 Å². The number of likely N-dealkylation sites (tertiary alicyclic amines) is 1. The van der Waals surface area contributed by atoms with E-state index in [2.05, 4.69) is 4.90 Å². The van der Waals surface area contributed by atoms with E-state index in [1.54, 1.807) is 0 Å². The predicted molar refractivity (Wildman–Crippen MR) is 59.2 cm³/mol. The molecule has 1 saturated heterocycles. The topological polar surface area (TPSA) is 42.7 Å². The number of nitrogens with zero attached hydrogens (tertiary/aromatic N) is 1. The second-order valence-corrected chi connectivity index (χ2v) is 4.41. The molecule has 1 aliphatic rings. The van der Waals surface area contributed by atoms with Gasteiger partial charge < -0.3 is 14.1 Å². The molecule has 1 fully saturated rings. The number of esters is 1. The van der Waals surface area contributed by atoms with Crippen LogP contribution in [0.15, 0.2) is 16.5 Å². The van der Waals surface area contributed by atoms with Crippen LogP contribution < -0.4 is 0 Å². The number of rotatable bonds is 2. The van der Waals surface area contributed by atoms with Crippen LogP contribution in [0.25, 0.3) is 0 Å². The molecule has 4 heteroatoms. The number of furan rings is 1. The predicted octanol–water partition coefficient (Wildman–Crippen LogP) is 1.41. The van der Waals surface area contributed by atoms with Gasteiger partial charge in [0.2, 0.25) is 0 Å². The number of carbonyl (C=O) groups is 1. The van der Waals surface area contributed by atoms with Gasteiger partial charge in [-0.2, -0.15) is 0 Å². The molecule has 4 nitrogen and oxygen atoms in total. The van der Waals surface area contributed by atoms with Gasteiger partial charge >= 0.3 is 5.97 Å². The summed E-state index contributed by atoms with van der Waals surface area (Å²) in [5.41, 5.74) is 0. The van der Waals surface area contributed by atoms with Gasteiger partial charge in [0.1, 0.15) is 11.5 Å². The van der Waals surface area contributed by atoms with Crippen molar-refractivity contribution in [1.29, 1.82) is 0 Å². The van der Waals surface area contributed by atoms with Crippen LogP contribution in [0.1, 0.15) is 17.4 Å². The maximum absolute atomic E-state index is 11.7. The van der Waals surface area contributed by atoms with E-state index in [1.165, 1.54) is 7.11 Å². The van der Waals surface area contributed by atoms with Crippen LogP contribution in [0.4, 0.5) is 0 Å². The summed E-state index contributed by atoms with van der Waals surface area (Å²) in [6.45, 7) is 3.49. The van der Waals surface area contributed by atoms with Crippen molar-refractivity contribution < 1.29 is 13.9 Å². The smallest absolute Gasteiger partial charge is 0.310 e. The van der Waals surface area contributed by atoms with Crippen molar-refractivity contribution in [2.75, 3.05) is 27.2 Å². The minimum atomic E-state index is -0.150. The molecule has 0 unspecified atom stereocenters. The highest BCUT2D eigenvalue weighted by molar-refractivity contribution is 5.74. The van der Waals surface area contributed by atoms with Gasteiger partial charge in [0.15, 0.2) is 0 Å². The summed E-state index contributed by atoms with van der Waals surface area (Å²) in [4.78, 5) is 13.8. The average Bonchev–Trinajstić information content (AvgIpc) is 2.83. The van der Waals surface area contributed by atoms with E-state index in [0.717, 1.165) is 24.6 Å². The highest BCUT2D eigenvalue weighted by atomic mass is 16.5. The largest absolute Gasteiger partial charge is 0.469 e. The van der Waals surface area contributed by atoms with Crippen LogP contribution in [0.5, 0.6) is 0 Å². The van der Waals surface area contributed by atoms with Crippen LogP contribution in [-0.2, 0) is 9.53 Å². The van der Waals surface area contributed by atoms with Crippen LogP contribution >= 0.6 is 0 Å². The van der Waals surface area contributed by atoms with Crippen molar-refractivity contribution in [2.45, 2.75) is 12.8 Å². The Morgan fingerprint density at radius 2 is 2.25 bits per heavy atom. The molecule has 1 aromatic heterocycles. The number of methoxy groups -OCH3 is 1. The first-order chi connectivity index (χ1) is 7.61. The summed E-state index contributed by atoms with van der Waals surface area (Å²) < 4.78 is 10.4. The molecule has 0 saturated carbocycles. The second kappa shape index (κ2) is 4.29. The van der Waals surface area contributed by atoms with Gasteiger partial charge in [0.25, 0.3) is 0 Å². The molecule has 2 atom stereocenters. The molecule has 2 heterocycles. The van der Waals surface area contributed by atoms with E-state index in [4.69, 9.17) is 9.15 Å². The Bertz CT molecular complexity index is 385. The molecule has 0 spiro atoms. The van der Waals surface area contributed by atoms with E-state index in [1.807, 2.05) is 26.1 Å². The van der Waals surface area contributed by atoms with E-state index in [0.29, 0.717) is 0 Å². The van der Waals surface area contributed by atoms with Crippen LogP contribution in [0.2, 0.25) is 0 Å². The van der Waals surface area contributed by atoms with Crippen LogP contribution in [0.3, 0.4) is 0 Å². The van der Waals surface area contributed by atoms with E-state index in [9.17, 15) is 4.79 Å². The van der Waals surface area contributed by atoms with E-state index >= 15 is 0 Å². The van der Waals surface area contributed by atoms with E-state index in [-0.39, 0.29) is 17.8 Å². The third kappa shape index (κ3) is 1.97. The number of hydrogen-bond acceptors (Lipinski definition) is 4. The van der Waals surface area contributed by atoms with Crippen LogP contribution in [-0.4, -0.2) is 38.1 Å². The fourth-order valence-corrected chi connectivity index (χ4v) is 2.33. The molecular formula is C12H17NO3. The van der Waals surface area contributed by atoms with Crippen molar-refractivity contribution in [3.63, 3.8) is 0 Å². The molecule has 0 aliphatic carbocycles. The lowest BCUT2D eigenvalue weighted by atomic mass is 9.94. The molecule has 2 rings (SSSR count). The Morgan fingerprint density at radius 1 is 1.50 bits per heavy atom. The lowest BCUT2D eigenvalue weighted by Crippen LogP contribution is -2.23. The first-order valence-electron chi connectivity index (χ1n) is 5.44. The molecular weight excluding hydrogens is 206 g/mol. The molecule has 0 aromatic carbocycles. The minimum Gasteiger partial charge on any atom is -0.469 e. The fraction of sp³-hybridized carbons (Fsp3) is 0.583. The Labute approximate surface area is 95.2 Å². The zero-order chi connectivity index (χ0) is 11.7. The molecule has 0 bridgehead atoms. The monoisotopic (exact) mass is 223 g/mol. The number of carbonyl (C=O) groups excluding carboxylic acids is 1. The van der Waals surface area contributed by atoms with Gasteiger partial charge in [-0.15, -0.1) is 0 Å². The normalized spacial score (nSPS) is 25.9. The summed E-state index contributed by atoms with van der Waals surface area (Å²) in [6.07, 6.45) is 0. The van der Waals surface area contributed by atoms with Gasteiger partial charge in [0, 0.05) is 19.0 Å². The van der Waals surface area contributed by atoms with Crippen molar-refractivity contribution in [3.8, 4) is 0 Å². The third-order valence-electron chi connectivity index (χ3n) is 3.13. The van der Waals surface area contributed by atoms with Gasteiger partial charge in [-0.3, -0.25) is 4.79 Å². The van der Waals surface area contributed by atoms with Gasteiger partial charge in [-0.1, -0.05) is 0 Å². The molecule has 88 valence electrons.